The number of benzene rings is 8. The Balaban J connectivity index is 1.23. The van der Waals surface area contributed by atoms with Gasteiger partial charge in [0.2, 0.25) is 0 Å². The number of furan rings is 1. The summed E-state index contributed by atoms with van der Waals surface area (Å²) < 4.78 is 9.47. The number of aryl methyl sites for hydroxylation is 2. The van der Waals surface area contributed by atoms with Crippen molar-refractivity contribution in [3.05, 3.63) is 162 Å². The minimum Gasteiger partial charge on any atom is -0.456 e. The number of nitrogens with zero attached hydrogens (tertiary/aromatic N) is 2. The number of hydrogen-bond donors (Lipinski definition) is 0. The Morgan fingerprint density at radius 3 is 2.06 bits per heavy atom. The fraction of sp³-hybridized carbons (Fsp3) is 0.200. The van der Waals surface area contributed by atoms with Gasteiger partial charge in [-0.2, -0.15) is 0 Å². The van der Waals surface area contributed by atoms with E-state index in [9.17, 15) is 0 Å². The molecule has 0 unspecified atom stereocenters. The first-order valence-corrected chi connectivity index (χ1v) is 26.7. The number of rotatable bonds is 1. The summed E-state index contributed by atoms with van der Waals surface area (Å²) in [6.45, 7) is 19.1. The zero-order chi connectivity index (χ0) is 44.1. The van der Waals surface area contributed by atoms with Crippen molar-refractivity contribution in [2.24, 2.45) is 0 Å². The molecule has 0 fully saturated rings. The zero-order valence-corrected chi connectivity index (χ0v) is 39.6. The van der Waals surface area contributed by atoms with Crippen molar-refractivity contribution in [2.45, 2.75) is 78.3 Å². The predicted octanol–water partition coefficient (Wildman–Crippen LogP) is 13.1. The third kappa shape index (κ3) is 4.87. The summed E-state index contributed by atoms with van der Waals surface area (Å²) in [5, 5.41) is 8.28. The molecule has 5 heterocycles. The van der Waals surface area contributed by atoms with E-state index in [-0.39, 0.29) is 17.7 Å². The summed E-state index contributed by atoms with van der Waals surface area (Å²) >= 11 is 0. The van der Waals surface area contributed by atoms with Crippen molar-refractivity contribution in [3.63, 3.8) is 0 Å². The Labute approximate surface area is 382 Å². The van der Waals surface area contributed by atoms with Gasteiger partial charge >= 0.3 is 6.85 Å². The molecule has 0 amide bonds. The molecule has 0 N–H and O–H groups in total. The van der Waals surface area contributed by atoms with Gasteiger partial charge < -0.3 is 13.8 Å². The first kappa shape index (κ1) is 37.8. The van der Waals surface area contributed by atoms with Crippen LogP contribution in [-0.2, 0) is 23.7 Å². The topological polar surface area (TPSA) is 21.3 Å². The lowest BCUT2D eigenvalue weighted by Crippen LogP contribution is -2.61. The molecule has 5 heteroatoms. The van der Waals surface area contributed by atoms with Gasteiger partial charge in [-0.25, -0.2) is 0 Å². The van der Waals surface area contributed by atoms with E-state index in [1.165, 1.54) is 111 Å². The average Bonchev–Trinajstić information content (AvgIpc) is 3.91. The molecule has 4 aliphatic rings. The van der Waals surface area contributed by atoms with Gasteiger partial charge in [0, 0.05) is 50.2 Å². The van der Waals surface area contributed by atoms with Crippen LogP contribution in [0.1, 0.15) is 63.8 Å². The Morgan fingerprint density at radius 2 is 1.26 bits per heavy atom. The van der Waals surface area contributed by atoms with Crippen LogP contribution in [0.4, 0.5) is 11.4 Å². The number of aromatic nitrogens is 1. The lowest BCUT2D eigenvalue weighted by Gasteiger charge is -2.44. The summed E-state index contributed by atoms with van der Waals surface area (Å²) in [5.41, 5.74) is 25.0. The maximum absolute atomic E-state index is 6.80. The normalized spacial score (nSPS) is 15.3. The smallest absolute Gasteiger partial charge is 0.333 e. The molecule has 3 aliphatic heterocycles. The van der Waals surface area contributed by atoms with Crippen LogP contribution in [-0.4, -0.2) is 19.5 Å². The highest BCUT2D eigenvalue weighted by atomic mass is 28.3. The standard InChI is InChI=1S/C60H51BN2OSi/c1-59(2,3)36-23-26-38(27-24-36)63-48-32-42-35(22-21-34-15-9-10-16-39(34)42)29-44(48)53-54-41-18-12-14-20-52(41)65(7,8)58(54)55-45-30-37(60(4,5)6)25-28-47(45)62-49-33-51-43(40-17-11-13-19-50(40)64-51)31-46(49)61(63)56(53)57(55)62/h9-20,23-33H,21-22H2,1-8H3. The van der Waals surface area contributed by atoms with Crippen LogP contribution < -0.4 is 26.1 Å². The largest absolute Gasteiger partial charge is 0.456 e. The molecule has 0 saturated heterocycles. The highest BCUT2D eigenvalue weighted by Crippen LogP contribution is 2.53. The molecule has 0 spiro atoms. The quantitative estimate of drug-likeness (QED) is 0.153. The fourth-order valence-corrected chi connectivity index (χ4v) is 16.2. The van der Waals surface area contributed by atoms with E-state index in [2.05, 4.69) is 204 Å². The number of anilines is 2. The number of para-hydroxylation sites is 1. The highest BCUT2D eigenvalue weighted by molar-refractivity contribution is 7.06. The lowest BCUT2D eigenvalue weighted by atomic mass is 9.43. The van der Waals surface area contributed by atoms with Crippen LogP contribution in [0.2, 0.25) is 13.1 Å². The molecular weight excluding hydrogens is 804 g/mol. The van der Waals surface area contributed by atoms with Crippen molar-refractivity contribution in [1.82, 2.24) is 4.57 Å². The van der Waals surface area contributed by atoms with Crippen LogP contribution in [0.15, 0.2) is 144 Å². The van der Waals surface area contributed by atoms with E-state index >= 15 is 0 Å². The van der Waals surface area contributed by atoms with Crippen molar-refractivity contribution in [1.29, 1.82) is 0 Å². The van der Waals surface area contributed by atoms with Gasteiger partial charge in [0.05, 0.1) is 11.0 Å². The Morgan fingerprint density at radius 1 is 0.554 bits per heavy atom. The Kier molecular flexibility index (Phi) is 7.21. The summed E-state index contributed by atoms with van der Waals surface area (Å²) in [5.74, 6) is 0. The van der Waals surface area contributed by atoms with E-state index in [0.717, 1.165) is 29.4 Å². The molecule has 2 aromatic heterocycles. The first-order chi connectivity index (χ1) is 31.3. The van der Waals surface area contributed by atoms with Gasteiger partial charge in [-0.1, -0.05) is 146 Å². The van der Waals surface area contributed by atoms with Crippen molar-refractivity contribution < 1.29 is 4.42 Å². The third-order valence-electron chi connectivity index (χ3n) is 15.9. The summed E-state index contributed by atoms with van der Waals surface area (Å²) in [6.07, 6.45) is 2.09. The van der Waals surface area contributed by atoms with E-state index < -0.39 is 8.07 Å². The molecule has 14 rings (SSSR count). The van der Waals surface area contributed by atoms with Crippen LogP contribution in [0.25, 0.3) is 82.8 Å². The van der Waals surface area contributed by atoms with E-state index in [1.54, 1.807) is 10.4 Å². The SMILES string of the molecule is CC(C)(C)c1ccc(N2B3c4cc5c(cc4-n4c6ccc(C(C)(C)C)cc6c6c7c(c(c3c64)-c3cc4c(cc32)-c2ccccc2CC4)-c2ccccc2[Si]7(C)C)oc2ccccc25)cc1. The summed E-state index contributed by atoms with van der Waals surface area (Å²) in [7, 11) is -2.28. The Hall–Kier alpha value is -6.56. The zero-order valence-electron chi connectivity index (χ0n) is 38.6. The monoisotopic (exact) mass is 854 g/mol. The average molecular weight is 855 g/mol. The molecule has 10 aromatic rings. The maximum atomic E-state index is 6.80. The van der Waals surface area contributed by atoms with E-state index in [0.29, 0.717) is 0 Å². The number of hydrogen-bond acceptors (Lipinski definition) is 2. The second kappa shape index (κ2) is 12.4. The van der Waals surface area contributed by atoms with Crippen molar-refractivity contribution >= 4 is 91.3 Å². The van der Waals surface area contributed by atoms with Crippen LogP contribution in [0, 0.1) is 0 Å². The van der Waals surface area contributed by atoms with Crippen molar-refractivity contribution in [3.8, 4) is 39.1 Å². The van der Waals surface area contributed by atoms with E-state index in [1.807, 2.05) is 0 Å². The van der Waals surface area contributed by atoms with Crippen LogP contribution in [0.5, 0.6) is 0 Å². The molecule has 8 aromatic carbocycles. The minimum atomic E-state index is -2.28. The molecule has 0 saturated carbocycles. The molecule has 314 valence electrons. The molecule has 0 bridgehead atoms. The second-order valence-electron chi connectivity index (χ2n) is 22.0. The summed E-state index contributed by atoms with van der Waals surface area (Å²) in [6, 6.07) is 54.2. The van der Waals surface area contributed by atoms with Crippen LogP contribution >= 0.6 is 0 Å². The van der Waals surface area contributed by atoms with Gasteiger partial charge in [-0.05, 0) is 138 Å². The third-order valence-corrected chi connectivity index (χ3v) is 19.5. The summed E-state index contributed by atoms with van der Waals surface area (Å²) in [4.78, 5) is 2.74. The van der Waals surface area contributed by atoms with Gasteiger partial charge in [0.25, 0.3) is 0 Å². The highest BCUT2D eigenvalue weighted by Gasteiger charge is 2.50. The van der Waals surface area contributed by atoms with E-state index in [4.69, 9.17) is 4.42 Å². The fourth-order valence-electron chi connectivity index (χ4n) is 12.8. The van der Waals surface area contributed by atoms with Gasteiger partial charge in [0.15, 0.2) is 0 Å². The second-order valence-corrected chi connectivity index (χ2v) is 26.3. The molecule has 0 radical (unpaired) electrons. The van der Waals surface area contributed by atoms with Crippen molar-refractivity contribution in [2.75, 3.05) is 4.81 Å². The van der Waals surface area contributed by atoms with Crippen LogP contribution in [0.3, 0.4) is 0 Å². The first-order valence-electron chi connectivity index (χ1n) is 23.7. The molecule has 1 aliphatic carbocycles. The lowest BCUT2D eigenvalue weighted by molar-refractivity contribution is 0.590. The van der Waals surface area contributed by atoms with Gasteiger partial charge in [-0.15, -0.1) is 0 Å². The molecular formula is C60H51BN2OSi. The number of fused-ring (bicyclic) bond motifs is 19. The molecule has 0 atom stereocenters. The predicted molar refractivity (Wildman–Crippen MR) is 280 cm³/mol. The Bertz CT molecular complexity index is 3780. The van der Waals surface area contributed by atoms with Gasteiger partial charge in [-0.3, -0.25) is 0 Å². The van der Waals surface area contributed by atoms with Gasteiger partial charge in [0.1, 0.15) is 19.2 Å². The minimum absolute atomic E-state index is 0.0103. The molecule has 65 heavy (non-hydrogen) atoms. The molecule has 3 nitrogen and oxygen atoms in total. The maximum Gasteiger partial charge on any atom is 0.333 e.